The van der Waals surface area contributed by atoms with Crippen LogP contribution in [0.15, 0.2) is 52.5 Å². The van der Waals surface area contributed by atoms with Crippen molar-refractivity contribution >= 4 is 27.6 Å². The summed E-state index contributed by atoms with van der Waals surface area (Å²) in [5.74, 6) is 0.686. The Hall–Kier alpha value is -3.45. The van der Waals surface area contributed by atoms with E-state index in [2.05, 4.69) is 20.8 Å². The molecular weight excluding hydrogens is 428 g/mol. The van der Waals surface area contributed by atoms with Crippen LogP contribution in [0.1, 0.15) is 25.0 Å². The maximum absolute atomic E-state index is 13.3. The number of hydrogen-bond acceptors (Lipinski definition) is 7. The normalized spacial score (nSPS) is 19.4. The summed E-state index contributed by atoms with van der Waals surface area (Å²) in [6.45, 7) is 5.96. The highest BCUT2D eigenvalue weighted by molar-refractivity contribution is 7.90. The molecule has 0 bridgehead atoms. The van der Waals surface area contributed by atoms with Crippen molar-refractivity contribution in [1.82, 2.24) is 14.6 Å². The summed E-state index contributed by atoms with van der Waals surface area (Å²) in [6.07, 6.45) is 1.61. The van der Waals surface area contributed by atoms with Gasteiger partial charge in [0.25, 0.3) is 10.0 Å². The first kappa shape index (κ1) is 21.8. The number of nitrogens with one attached hydrogen (secondary N) is 1. The molecule has 0 saturated carbocycles. The molecule has 0 spiro atoms. The molecule has 2 aliphatic heterocycles. The van der Waals surface area contributed by atoms with Gasteiger partial charge in [0, 0.05) is 37.9 Å². The van der Waals surface area contributed by atoms with E-state index >= 15 is 0 Å². The van der Waals surface area contributed by atoms with Crippen molar-refractivity contribution in [1.29, 1.82) is 5.26 Å². The standard InChI is InChI=1S/C22H24N6O3S/c1-15(2)20(25-21-17-5-3-4-6-18(17)32(30,31)26-21)22(29)28-11-9-27(10-12-28)19-13-16(14-23)7-8-24-19/h3-8,13,15,20H,9-12H2,1-2H3,(H,25,26)/t20-/m0/s1. The molecule has 1 saturated heterocycles. The maximum Gasteiger partial charge on any atom is 0.263 e. The first-order valence-electron chi connectivity index (χ1n) is 10.4. The first-order valence-corrected chi connectivity index (χ1v) is 11.9. The minimum absolute atomic E-state index is 0.112. The van der Waals surface area contributed by atoms with Gasteiger partial charge in [-0.2, -0.15) is 5.26 Å². The molecule has 2 aliphatic rings. The summed E-state index contributed by atoms with van der Waals surface area (Å²) in [5, 5.41) is 9.09. The highest BCUT2D eigenvalue weighted by Crippen LogP contribution is 2.24. The number of amides is 1. The molecule has 0 radical (unpaired) electrons. The Morgan fingerprint density at radius 3 is 2.59 bits per heavy atom. The number of pyridine rings is 1. The third-order valence-corrected chi connectivity index (χ3v) is 7.00. The number of piperazine rings is 1. The molecule has 0 aliphatic carbocycles. The number of anilines is 1. The number of aliphatic imine (C=N–C) groups is 1. The van der Waals surface area contributed by atoms with Crippen LogP contribution < -0.4 is 9.62 Å². The van der Waals surface area contributed by atoms with Crippen molar-refractivity contribution in [3.63, 3.8) is 0 Å². The molecule has 1 atom stereocenters. The summed E-state index contributed by atoms with van der Waals surface area (Å²) in [7, 11) is -3.66. The second-order valence-electron chi connectivity index (χ2n) is 8.10. The maximum atomic E-state index is 13.3. The predicted molar refractivity (Wildman–Crippen MR) is 120 cm³/mol. The molecule has 3 heterocycles. The van der Waals surface area contributed by atoms with Crippen molar-refractivity contribution in [2.75, 3.05) is 31.1 Å². The predicted octanol–water partition coefficient (Wildman–Crippen LogP) is 1.37. The van der Waals surface area contributed by atoms with Gasteiger partial charge >= 0.3 is 0 Å². The molecule has 1 fully saturated rings. The van der Waals surface area contributed by atoms with E-state index < -0.39 is 16.1 Å². The third kappa shape index (κ3) is 4.16. The second-order valence-corrected chi connectivity index (χ2v) is 9.75. The van der Waals surface area contributed by atoms with E-state index in [9.17, 15) is 13.2 Å². The molecule has 4 rings (SSSR count). The van der Waals surface area contributed by atoms with Crippen molar-refractivity contribution in [3.05, 3.63) is 53.7 Å². The lowest BCUT2D eigenvalue weighted by Gasteiger charge is -2.37. The summed E-state index contributed by atoms with van der Waals surface area (Å²) < 4.78 is 27.3. The van der Waals surface area contributed by atoms with Crippen LogP contribution in [0.4, 0.5) is 5.82 Å². The van der Waals surface area contributed by atoms with Gasteiger partial charge in [-0.3, -0.25) is 14.5 Å². The number of benzene rings is 1. The highest BCUT2D eigenvalue weighted by Gasteiger charge is 2.34. The summed E-state index contributed by atoms with van der Waals surface area (Å²) >= 11 is 0. The lowest BCUT2D eigenvalue weighted by Crippen LogP contribution is -2.52. The number of sulfonamides is 1. The summed E-state index contributed by atoms with van der Waals surface area (Å²) in [6, 6.07) is 11.4. The van der Waals surface area contributed by atoms with E-state index in [1.165, 1.54) is 6.07 Å². The summed E-state index contributed by atoms with van der Waals surface area (Å²) in [4.78, 5) is 26.2. The van der Waals surface area contributed by atoms with Crippen LogP contribution in [-0.4, -0.2) is 62.3 Å². The number of nitrogens with zero attached hydrogens (tertiary/aromatic N) is 5. The Morgan fingerprint density at radius 2 is 1.91 bits per heavy atom. The number of carbonyl (C=O) groups excluding carboxylic acids is 1. The van der Waals surface area contributed by atoms with E-state index in [-0.39, 0.29) is 22.6 Å². The van der Waals surface area contributed by atoms with E-state index in [0.29, 0.717) is 43.1 Å². The van der Waals surface area contributed by atoms with Crippen LogP contribution in [0.25, 0.3) is 0 Å². The molecule has 166 valence electrons. The van der Waals surface area contributed by atoms with E-state index in [0.717, 1.165) is 0 Å². The number of fused-ring (bicyclic) bond motifs is 1. The van der Waals surface area contributed by atoms with Crippen molar-refractivity contribution in [2.45, 2.75) is 24.8 Å². The molecule has 32 heavy (non-hydrogen) atoms. The third-order valence-electron chi connectivity index (χ3n) is 5.61. The first-order chi connectivity index (χ1) is 15.3. The zero-order chi connectivity index (χ0) is 22.9. The Morgan fingerprint density at radius 1 is 1.19 bits per heavy atom. The molecule has 1 aromatic heterocycles. The molecule has 0 unspecified atom stereocenters. The lowest BCUT2D eigenvalue weighted by atomic mass is 10.0. The SMILES string of the molecule is CC(C)[C@H](N=C1NS(=O)(=O)c2ccccc21)C(=O)N1CCN(c2cc(C#N)ccn2)CC1. The monoisotopic (exact) mass is 452 g/mol. The number of rotatable bonds is 4. The fraction of sp³-hybridized carbons (Fsp3) is 0.364. The molecule has 2 aromatic rings. The topological polar surface area (TPSA) is 119 Å². The number of aromatic nitrogens is 1. The smallest absolute Gasteiger partial charge is 0.263 e. The zero-order valence-corrected chi connectivity index (χ0v) is 18.7. The number of amidine groups is 1. The fourth-order valence-electron chi connectivity index (χ4n) is 3.86. The van der Waals surface area contributed by atoms with Gasteiger partial charge < -0.3 is 9.80 Å². The van der Waals surface area contributed by atoms with Gasteiger partial charge in [0.05, 0.1) is 16.5 Å². The molecular formula is C22H24N6O3S. The van der Waals surface area contributed by atoms with Gasteiger partial charge in [-0.15, -0.1) is 0 Å². The Bertz CT molecular complexity index is 1210. The van der Waals surface area contributed by atoms with Gasteiger partial charge in [-0.1, -0.05) is 26.0 Å². The van der Waals surface area contributed by atoms with Crippen molar-refractivity contribution in [3.8, 4) is 6.07 Å². The van der Waals surface area contributed by atoms with Gasteiger partial charge in [0.1, 0.15) is 17.7 Å². The van der Waals surface area contributed by atoms with E-state index in [1.54, 1.807) is 41.4 Å². The number of nitriles is 1. The fourth-order valence-corrected chi connectivity index (χ4v) is 5.10. The molecule has 1 aromatic carbocycles. The van der Waals surface area contributed by atoms with Crippen LogP contribution in [0.3, 0.4) is 0 Å². The van der Waals surface area contributed by atoms with E-state index in [4.69, 9.17) is 5.26 Å². The Balaban J connectivity index is 1.51. The number of hydrogen-bond donors (Lipinski definition) is 1. The molecule has 1 amide bonds. The van der Waals surface area contributed by atoms with Crippen LogP contribution in [0, 0.1) is 17.2 Å². The average molecular weight is 453 g/mol. The van der Waals surface area contributed by atoms with Crippen LogP contribution >= 0.6 is 0 Å². The Kier molecular flexibility index (Phi) is 5.84. The molecule has 1 N–H and O–H groups in total. The summed E-state index contributed by atoms with van der Waals surface area (Å²) in [5.41, 5.74) is 1.03. The minimum Gasteiger partial charge on any atom is -0.353 e. The molecule has 9 nitrogen and oxygen atoms in total. The van der Waals surface area contributed by atoms with Gasteiger partial charge in [-0.05, 0) is 30.2 Å². The van der Waals surface area contributed by atoms with Gasteiger partial charge in [0.15, 0.2) is 0 Å². The minimum atomic E-state index is -3.66. The second kappa shape index (κ2) is 8.59. The Labute approximate surface area is 187 Å². The molecule has 10 heteroatoms. The highest BCUT2D eigenvalue weighted by atomic mass is 32.2. The van der Waals surface area contributed by atoms with Crippen LogP contribution in [-0.2, 0) is 14.8 Å². The number of carbonyl (C=O) groups is 1. The zero-order valence-electron chi connectivity index (χ0n) is 17.9. The van der Waals surface area contributed by atoms with Crippen LogP contribution in [0.5, 0.6) is 0 Å². The quantitative estimate of drug-likeness (QED) is 0.748. The van der Waals surface area contributed by atoms with Crippen molar-refractivity contribution < 1.29 is 13.2 Å². The van der Waals surface area contributed by atoms with E-state index in [1.807, 2.05) is 18.7 Å². The van der Waals surface area contributed by atoms with Gasteiger partial charge in [-0.25, -0.2) is 13.4 Å². The van der Waals surface area contributed by atoms with Gasteiger partial charge in [0.2, 0.25) is 5.91 Å². The largest absolute Gasteiger partial charge is 0.353 e. The van der Waals surface area contributed by atoms with Crippen molar-refractivity contribution in [2.24, 2.45) is 10.9 Å². The lowest BCUT2D eigenvalue weighted by molar-refractivity contribution is -0.133. The average Bonchev–Trinajstić information content (AvgIpc) is 3.07. The van der Waals surface area contributed by atoms with Crippen LogP contribution in [0.2, 0.25) is 0 Å².